The number of aromatic nitrogens is 5. The minimum Gasteiger partial charge on any atom is -0.462 e. The number of hydrogen-bond donors (Lipinski definition) is 1. The highest BCUT2D eigenvalue weighted by Crippen LogP contribution is 2.34. The van der Waals surface area contributed by atoms with Crippen LogP contribution in [-0.4, -0.2) is 37.8 Å². The van der Waals surface area contributed by atoms with E-state index in [2.05, 4.69) is 25.8 Å². The molecular formula is C15H18N6O2. The largest absolute Gasteiger partial charge is 0.462 e. The van der Waals surface area contributed by atoms with Gasteiger partial charge in [-0.05, 0) is 34.9 Å². The van der Waals surface area contributed by atoms with E-state index in [1.165, 1.54) is 0 Å². The first-order valence-electron chi connectivity index (χ1n) is 7.40. The molecule has 0 fully saturated rings. The number of pyridine rings is 1. The second-order valence-corrected chi connectivity index (χ2v) is 5.79. The molecule has 0 aromatic carbocycles. The number of ether oxygens (including phenoxy) is 1. The summed E-state index contributed by atoms with van der Waals surface area (Å²) in [4.78, 5) is 16.7. The maximum atomic E-state index is 12.6. The summed E-state index contributed by atoms with van der Waals surface area (Å²) in [5.74, 6) is 0.368. The minimum absolute atomic E-state index is 0.261. The summed E-state index contributed by atoms with van der Waals surface area (Å²) in [6.07, 6.45) is 3.38. The van der Waals surface area contributed by atoms with E-state index in [-0.39, 0.29) is 11.9 Å². The Balaban J connectivity index is 2.02. The molecule has 1 atom stereocenters. The first-order valence-corrected chi connectivity index (χ1v) is 7.40. The molecule has 3 heterocycles. The fourth-order valence-corrected chi connectivity index (χ4v) is 2.44. The van der Waals surface area contributed by atoms with Gasteiger partial charge in [-0.15, -0.1) is 0 Å². The Kier molecular flexibility index (Phi) is 4.05. The Labute approximate surface area is 133 Å². The number of rotatable bonds is 4. The van der Waals surface area contributed by atoms with Crippen molar-refractivity contribution in [1.29, 1.82) is 0 Å². The van der Waals surface area contributed by atoms with Gasteiger partial charge in [0.2, 0.25) is 5.95 Å². The lowest BCUT2D eigenvalue weighted by molar-refractivity contribution is -0.140. The number of nitrogens with one attached hydrogen (secondary N) is 1. The normalized spacial score (nSPS) is 17.0. The van der Waals surface area contributed by atoms with Crippen molar-refractivity contribution in [2.45, 2.75) is 26.8 Å². The zero-order chi connectivity index (χ0) is 16.4. The summed E-state index contributed by atoms with van der Waals surface area (Å²) in [6, 6.07) is 3.24. The SMILES string of the molecule is CC1=C(C(=O)OCC(C)C)C(c2cccnc2)n2nnnc2N1. The van der Waals surface area contributed by atoms with Gasteiger partial charge in [0.05, 0.1) is 12.2 Å². The molecule has 0 saturated heterocycles. The number of esters is 1. The van der Waals surface area contributed by atoms with Gasteiger partial charge >= 0.3 is 5.97 Å². The third-order valence-electron chi connectivity index (χ3n) is 3.48. The molecular weight excluding hydrogens is 296 g/mol. The zero-order valence-electron chi connectivity index (χ0n) is 13.2. The van der Waals surface area contributed by atoms with Gasteiger partial charge < -0.3 is 10.1 Å². The molecule has 3 rings (SSSR count). The second-order valence-electron chi connectivity index (χ2n) is 5.79. The fraction of sp³-hybridized carbons (Fsp3) is 0.400. The number of hydrogen-bond acceptors (Lipinski definition) is 7. The molecule has 0 bridgehead atoms. The van der Waals surface area contributed by atoms with E-state index in [0.29, 0.717) is 23.8 Å². The van der Waals surface area contributed by atoms with E-state index in [0.717, 1.165) is 5.56 Å². The van der Waals surface area contributed by atoms with Crippen molar-refractivity contribution in [3.05, 3.63) is 41.4 Å². The third kappa shape index (κ3) is 2.92. The van der Waals surface area contributed by atoms with Crippen molar-refractivity contribution in [2.24, 2.45) is 5.92 Å². The molecule has 8 nitrogen and oxygen atoms in total. The molecule has 0 radical (unpaired) electrons. The van der Waals surface area contributed by atoms with Crippen LogP contribution in [0.2, 0.25) is 0 Å². The molecule has 23 heavy (non-hydrogen) atoms. The number of nitrogens with zero attached hydrogens (tertiary/aromatic N) is 5. The van der Waals surface area contributed by atoms with Crippen LogP contribution in [-0.2, 0) is 9.53 Å². The van der Waals surface area contributed by atoms with Gasteiger partial charge in [0, 0.05) is 18.1 Å². The van der Waals surface area contributed by atoms with Crippen LogP contribution in [0.1, 0.15) is 32.4 Å². The maximum absolute atomic E-state index is 12.6. The van der Waals surface area contributed by atoms with Crippen molar-refractivity contribution < 1.29 is 9.53 Å². The van der Waals surface area contributed by atoms with Crippen molar-refractivity contribution in [2.75, 3.05) is 11.9 Å². The van der Waals surface area contributed by atoms with E-state index in [1.54, 1.807) is 17.1 Å². The molecule has 1 aliphatic rings. The van der Waals surface area contributed by atoms with Crippen molar-refractivity contribution in [3.8, 4) is 0 Å². The van der Waals surface area contributed by atoms with Crippen LogP contribution in [0.4, 0.5) is 5.95 Å². The third-order valence-corrected chi connectivity index (χ3v) is 3.48. The molecule has 2 aromatic rings. The Morgan fingerprint density at radius 2 is 2.30 bits per heavy atom. The lowest BCUT2D eigenvalue weighted by Gasteiger charge is -2.27. The van der Waals surface area contributed by atoms with Gasteiger partial charge in [-0.3, -0.25) is 4.98 Å². The smallest absolute Gasteiger partial charge is 0.338 e. The van der Waals surface area contributed by atoms with Gasteiger partial charge in [0.25, 0.3) is 0 Å². The molecule has 0 spiro atoms. The molecule has 1 unspecified atom stereocenters. The highest BCUT2D eigenvalue weighted by molar-refractivity contribution is 5.92. The van der Waals surface area contributed by atoms with Crippen molar-refractivity contribution >= 4 is 11.9 Å². The number of anilines is 1. The van der Waals surface area contributed by atoms with E-state index in [9.17, 15) is 4.79 Å². The number of carbonyl (C=O) groups excluding carboxylic acids is 1. The van der Waals surface area contributed by atoms with Crippen LogP contribution >= 0.6 is 0 Å². The Hall–Kier alpha value is -2.77. The summed E-state index contributed by atoms with van der Waals surface area (Å²) in [6.45, 7) is 6.16. The first kappa shape index (κ1) is 15.1. The van der Waals surface area contributed by atoms with E-state index in [4.69, 9.17) is 4.74 Å². The van der Waals surface area contributed by atoms with Crippen LogP contribution in [0.15, 0.2) is 35.8 Å². The summed E-state index contributed by atoms with van der Waals surface area (Å²) in [7, 11) is 0. The van der Waals surface area contributed by atoms with E-state index < -0.39 is 6.04 Å². The molecule has 1 N–H and O–H groups in total. The molecule has 0 aliphatic carbocycles. The predicted octanol–water partition coefficient (Wildman–Crippen LogP) is 1.56. The average Bonchev–Trinajstić information content (AvgIpc) is 2.99. The highest BCUT2D eigenvalue weighted by Gasteiger charge is 2.35. The molecule has 8 heteroatoms. The number of carbonyl (C=O) groups is 1. The van der Waals surface area contributed by atoms with E-state index >= 15 is 0 Å². The molecule has 0 amide bonds. The summed E-state index contributed by atoms with van der Waals surface area (Å²) < 4.78 is 6.98. The second kappa shape index (κ2) is 6.15. The number of fused-ring (bicyclic) bond motifs is 1. The quantitative estimate of drug-likeness (QED) is 0.856. The number of tetrazole rings is 1. The highest BCUT2D eigenvalue weighted by atomic mass is 16.5. The summed E-state index contributed by atoms with van der Waals surface area (Å²) in [5.41, 5.74) is 1.98. The molecule has 1 aliphatic heterocycles. The minimum atomic E-state index is -0.463. The van der Waals surface area contributed by atoms with Crippen LogP contribution in [0, 0.1) is 5.92 Å². The number of allylic oxidation sites excluding steroid dienone is 1. The van der Waals surface area contributed by atoms with E-state index in [1.807, 2.05) is 32.9 Å². The average molecular weight is 314 g/mol. The van der Waals surface area contributed by atoms with Crippen LogP contribution in [0.5, 0.6) is 0 Å². The van der Waals surface area contributed by atoms with Gasteiger partial charge in [0.1, 0.15) is 6.04 Å². The van der Waals surface area contributed by atoms with Gasteiger partial charge in [0.15, 0.2) is 0 Å². The standard InChI is InChI=1S/C15H18N6O2/c1-9(2)8-23-14(22)12-10(3)17-15-18-19-20-21(15)13(12)11-5-4-6-16-7-11/h4-7,9,13H,8H2,1-3H3,(H,17,18,20). The van der Waals surface area contributed by atoms with Crippen molar-refractivity contribution in [3.63, 3.8) is 0 Å². The molecule has 120 valence electrons. The van der Waals surface area contributed by atoms with Crippen LogP contribution in [0.3, 0.4) is 0 Å². The monoisotopic (exact) mass is 314 g/mol. The lowest BCUT2D eigenvalue weighted by atomic mass is 9.97. The van der Waals surface area contributed by atoms with Crippen molar-refractivity contribution in [1.82, 2.24) is 25.2 Å². The fourth-order valence-electron chi connectivity index (χ4n) is 2.44. The lowest BCUT2D eigenvalue weighted by Crippen LogP contribution is -2.30. The van der Waals surface area contributed by atoms with Crippen LogP contribution in [0.25, 0.3) is 0 Å². The summed E-state index contributed by atoms with van der Waals surface area (Å²) in [5, 5.41) is 14.7. The Morgan fingerprint density at radius 1 is 1.48 bits per heavy atom. The zero-order valence-corrected chi connectivity index (χ0v) is 13.2. The Bertz CT molecular complexity index is 737. The topological polar surface area (TPSA) is 94.8 Å². The van der Waals surface area contributed by atoms with Crippen LogP contribution < -0.4 is 5.32 Å². The maximum Gasteiger partial charge on any atom is 0.338 e. The molecule has 2 aromatic heterocycles. The summed E-state index contributed by atoms with van der Waals surface area (Å²) >= 11 is 0. The van der Waals surface area contributed by atoms with Gasteiger partial charge in [-0.1, -0.05) is 25.0 Å². The van der Waals surface area contributed by atoms with Gasteiger partial charge in [-0.25, -0.2) is 4.79 Å². The first-order chi connectivity index (χ1) is 11.1. The Morgan fingerprint density at radius 3 is 3.00 bits per heavy atom. The predicted molar refractivity (Wildman–Crippen MR) is 82.3 cm³/mol. The van der Waals surface area contributed by atoms with Gasteiger partial charge in [-0.2, -0.15) is 4.68 Å². The molecule has 0 saturated carbocycles.